The van der Waals surface area contributed by atoms with Crippen molar-refractivity contribution in [1.82, 2.24) is 9.88 Å². The molecule has 10 heteroatoms. The van der Waals surface area contributed by atoms with Crippen molar-refractivity contribution in [1.29, 1.82) is 0 Å². The van der Waals surface area contributed by atoms with Crippen molar-refractivity contribution in [2.24, 2.45) is 5.73 Å². The number of benzene rings is 1. The molecular weight excluding hydrogens is 433 g/mol. The maximum absolute atomic E-state index is 12.2. The van der Waals surface area contributed by atoms with Crippen LogP contribution in [-0.4, -0.2) is 41.3 Å². The predicted molar refractivity (Wildman–Crippen MR) is 122 cm³/mol. The topological polar surface area (TPSA) is 100 Å². The number of rotatable bonds is 6. The van der Waals surface area contributed by atoms with E-state index in [1.165, 1.54) is 24.2 Å². The van der Waals surface area contributed by atoms with Gasteiger partial charge in [-0.3, -0.25) is 14.5 Å². The van der Waals surface area contributed by atoms with Crippen LogP contribution in [0.5, 0.6) is 0 Å². The van der Waals surface area contributed by atoms with Crippen LogP contribution in [0.3, 0.4) is 0 Å². The first-order chi connectivity index (χ1) is 13.1. The third-order valence-corrected chi connectivity index (χ3v) is 5.32. The molecule has 0 saturated carbocycles. The molecule has 1 aromatic heterocycles. The summed E-state index contributed by atoms with van der Waals surface area (Å²) in [4.78, 5) is 30.8. The fraction of sp³-hybridized carbons (Fsp3) is 0.421. The summed E-state index contributed by atoms with van der Waals surface area (Å²) in [7, 11) is 0. The van der Waals surface area contributed by atoms with Gasteiger partial charge in [-0.05, 0) is 50.2 Å². The molecule has 160 valence electrons. The monoisotopic (exact) mass is 459 g/mol. The normalized spacial score (nSPS) is 14.1. The van der Waals surface area contributed by atoms with Crippen LogP contribution in [0.25, 0.3) is 0 Å². The molecule has 0 unspecified atom stereocenters. The number of thiazole rings is 1. The lowest BCUT2D eigenvalue weighted by molar-refractivity contribution is -0.117. The Balaban J connectivity index is 0.00000210. The quantitative estimate of drug-likeness (QED) is 0.613. The Morgan fingerprint density at radius 3 is 2.14 bits per heavy atom. The van der Waals surface area contributed by atoms with Crippen molar-refractivity contribution < 1.29 is 9.59 Å². The molecule has 29 heavy (non-hydrogen) atoms. The average molecular weight is 460 g/mol. The van der Waals surface area contributed by atoms with E-state index < -0.39 is 0 Å². The number of likely N-dealkylation sites (tertiary alicyclic amines) is 1. The van der Waals surface area contributed by atoms with Gasteiger partial charge in [0.2, 0.25) is 5.91 Å². The van der Waals surface area contributed by atoms with Crippen LogP contribution in [0.1, 0.15) is 41.2 Å². The van der Waals surface area contributed by atoms with E-state index in [2.05, 4.69) is 20.5 Å². The number of carbonyl (C=O) groups is 2. The number of nitrogens with two attached hydrogens (primary N) is 1. The molecule has 0 bridgehead atoms. The number of nitrogens with zero attached hydrogens (tertiary/aromatic N) is 2. The Bertz CT molecular complexity index is 777. The number of aromatic nitrogens is 1. The Morgan fingerprint density at radius 2 is 1.59 bits per heavy atom. The molecule has 1 aromatic carbocycles. The van der Waals surface area contributed by atoms with Gasteiger partial charge in [-0.25, -0.2) is 4.98 Å². The van der Waals surface area contributed by atoms with E-state index >= 15 is 0 Å². The van der Waals surface area contributed by atoms with Crippen molar-refractivity contribution in [3.8, 4) is 0 Å². The molecule has 2 heterocycles. The molecule has 0 atom stereocenters. The van der Waals surface area contributed by atoms with E-state index in [4.69, 9.17) is 5.73 Å². The zero-order chi connectivity index (χ0) is 19.1. The van der Waals surface area contributed by atoms with Crippen LogP contribution >= 0.6 is 36.2 Å². The highest BCUT2D eigenvalue weighted by molar-refractivity contribution is 7.09. The third-order valence-electron chi connectivity index (χ3n) is 4.45. The molecule has 0 radical (unpaired) electrons. The van der Waals surface area contributed by atoms with Gasteiger partial charge < -0.3 is 16.4 Å². The predicted octanol–water partition coefficient (Wildman–Crippen LogP) is 3.51. The molecule has 1 saturated heterocycles. The fourth-order valence-electron chi connectivity index (χ4n) is 3.04. The summed E-state index contributed by atoms with van der Waals surface area (Å²) < 4.78 is 0. The van der Waals surface area contributed by atoms with Gasteiger partial charge in [0.1, 0.15) is 10.7 Å². The summed E-state index contributed by atoms with van der Waals surface area (Å²) in [6.07, 6.45) is 4.82. The van der Waals surface area contributed by atoms with Crippen molar-refractivity contribution in [3.05, 3.63) is 40.3 Å². The lowest BCUT2D eigenvalue weighted by Crippen LogP contribution is -2.33. The number of hydrogen-bond donors (Lipinski definition) is 3. The van der Waals surface area contributed by atoms with E-state index in [1.807, 2.05) is 0 Å². The summed E-state index contributed by atoms with van der Waals surface area (Å²) in [6, 6.07) is 7.08. The minimum absolute atomic E-state index is 0. The lowest BCUT2D eigenvalue weighted by Gasteiger charge is -2.19. The lowest BCUT2D eigenvalue weighted by atomic mass is 10.2. The van der Waals surface area contributed by atoms with Gasteiger partial charge in [-0.1, -0.05) is 12.8 Å². The van der Waals surface area contributed by atoms with Gasteiger partial charge in [0.25, 0.3) is 5.91 Å². The van der Waals surface area contributed by atoms with Crippen LogP contribution < -0.4 is 16.4 Å². The molecule has 0 spiro atoms. The van der Waals surface area contributed by atoms with Crippen LogP contribution in [0.4, 0.5) is 11.4 Å². The van der Waals surface area contributed by atoms with Gasteiger partial charge in [0.05, 0.1) is 6.54 Å². The largest absolute Gasteiger partial charge is 0.325 e. The Labute approximate surface area is 187 Å². The van der Waals surface area contributed by atoms with Crippen LogP contribution in [0.2, 0.25) is 0 Å². The number of nitrogens with one attached hydrogen (secondary N) is 2. The standard InChI is InChI=1S/C19H25N5O2S.2ClH/c20-11-18-23-16(13-27-18)19(26)22-15-7-5-14(6-8-15)21-17(25)12-24-9-3-1-2-4-10-24;;/h5-8,13H,1-4,9-12,20H2,(H,21,25)(H,22,26);2*1H. The molecule has 2 amide bonds. The van der Waals surface area contributed by atoms with Crippen LogP contribution in [0.15, 0.2) is 29.6 Å². The minimum atomic E-state index is -0.274. The number of hydrogen-bond acceptors (Lipinski definition) is 6. The van der Waals surface area contributed by atoms with E-state index in [0.717, 1.165) is 30.9 Å². The highest BCUT2D eigenvalue weighted by Crippen LogP contribution is 2.16. The van der Waals surface area contributed by atoms with Gasteiger partial charge in [0, 0.05) is 23.3 Å². The van der Waals surface area contributed by atoms with Crippen molar-refractivity contribution in [3.63, 3.8) is 0 Å². The first kappa shape index (κ1) is 25.3. The fourth-order valence-corrected chi connectivity index (χ4v) is 3.69. The Morgan fingerprint density at radius 1 is 1.00 bits per heavy atom. The van der Waals surface area contributed by atoms with E-state index in [0.29, 0.717) is 30.2 Å². The zero-order valence-corrected chi connectivity index (χ0v) is 18.5. The van der Waals surface area contributed by atoms with E-state index in [1.54, 1.807) is 29.6 Å². The number of halogens is 2. The Kier molecular flexibility index (Phi) is 11.2. The second kappa shape index (κ2) is 12.8. The molecule has 3 rings (SSSR count). The van der Waals surface area contributed by atoms with E-state index in [9.17, 15) is 9.59 Å². The molecule has 1 aliphatic heterocycles. The molecule has 4 N–H and O–H groups in total. The van der Waals surface area contributed by atoms with Gasteiger partial charge in [-0.15, -0.1) is 36.2 Å². The van der Waals surface area contributed by atoms with Crippen molar-refractivity contribution in [2.75, 3.05) is 30.3 Å². The smallest absolute Gasteiger partial charge is 0.275 e. The summed E-state index contributed by atoms with van der Waals surface area (Å²) in [5, 5.41) is 8.12. The number of anilines is 2. The molecule has 1 fully saturated rings. The minimum Gasteiger partial charge on any atom is -0.325 e. The molecule has 2 aromatic rings. The van der Waals surface area contributed by atoms with Crippen LogP contribution in [-0.2, 0) is 11.3 Å². The van der Waals surface area contributed by atoms with Crippen LogP contribution in [0, 0.1) is 0 Å². The maximum Gasteiger partial charge on any atom is 0.275 e. The van der Waals surface area contributed by atoms with E-state index in [-0.39, 0.29) is 36.6 Å². The first-order valence-electron chi connectivity index (χ1n) is 9.22. The Hall–Kier alpha value is -1.71. The third kappa shape index (κ3) is 7.91. The zero-order valence-electron chi connectivity index (χ0n) is 16.1. The summed E-state index contributed by atoms with van der Waals surface area (Å²) in [5.41, 5.74) is 7.24. The highest BCUT2D eigenvalue weighted by Gasteiger charge is 2.13. The molecule has 0 aliphatic carbocycles. The second-order valence-electron chi connectivity index (χ2n) is 6.60. The molecule has 1 aliphatic rings. The average Bonchev–Trinajstić information content (AvgIpc) is 3.01. The summed E-state index contributed by atoms with van der Waals surface area (Å²) >= 11 is 1.36. The van der Waals surface area contributed by atoms with Crippen molar-refractivity contribution in [2.45, 2.75) is 32.2 Å². The highest BCUT2D eigenvalue weighted by atomic mass is 35.5. The second-order valence-corrected chi connectivity index (χ2v) is 7.54. The number of carbonyl (C=O) groups excluding carboxylic acids is 2. The van der Waals surface area contributed by atoms with Crippen molar-refractivity contribution >= 4 is 59.3 Å². The molecular formula is C19H27Cl2N5O2S. The first-order valence-corrected chi connectivity index (χ1v) is 10.1. The van der Waals surface area contributed by atoms with Gasteiger partial charge >= 0.3 is 0 Å². The summed E-state index contributed by atoms with van der Waals surface area (Å²) in [6.45, 7) is 2.72. The number of amides is 2. The SMILES string of the molecule is Cl.Cl.NCc1nc(C(=O)Nc2ccc(NC(=O)CN3CCCCCC3)cc2)cs1. The van der Waals surface area contributed by atoms with Gasteiger partial charge in [0.15, 0.2) is 0 Å². The van der Waals surface area contributed by atoms with Gasteiger partial charge in [-0.2, -0.15) is 0 Å². The molecule has 7 nitrogen and oxygen atoms in total. The summed E-state index contributed by atoms with van der Waals surface area (Å²) in [5.74, 6) is -0.283. The maximum atomic E-state index is 12.2.